The van der Waals surface area contributed by atoms with Gasteiger partial charge in [0.05, 0.1) is 10.7 Å². The molecule has 0 saturated heterocycles. The first-order valence-electron chi connectivity index (χ1n) is 4.70. The normalized spacial score (nSPS) is 12.2. The molecule has 1 rings (SSSR count). The third kappa shape index (κ3) is 3.52. The number of halogens is 5. The van der Waals surface area contributed by atoms with Crippen LogP contribution in [0.3, 0.4) is 0 Å². The van der Waals surface area contributed by atoms with Gasteiger partial charge in [0.15, 0.2) is 0 Å². The lowest BCUT2D eigenvalue weighted by atomic mass is 10.3. The molecule has 0 radical (unpaired) electrons. The van der Waals surface area contributed by atoms with Gasteiger partial charge in [0, 0.05) is 7.05 Å². The number of alkyl halides is 4. The Bertz CT molecular complexity index is 417. The van der Waals surface area contributed by atoms with Crippen LogP contribution in [-0.4, -0.2) is 41.1 Å². The van der Waals surface area contributed by atoms with Gasteiger partial charge >= 0.3 is 12.3 Å². The molecule has 0 aliphatic heterocycles. The zero-order valence-electron chi connectivity index (χ0n) is 9.17. The Morgan fingerprint density at radius 1 is 1.61 bits per heavy atom. The maximum absolute atomic E-state index is 12.5. The van der Waals surface area contributed by atoms with Crippen molar-refractivity contribution < 1.29 is 27.1 Å². The minimum absolute atomic E-state index is 0.121. The van der Waals surface area contributed by atoms with Crippen molar-refractivity contribution in [3.05, 3.63) is 16.4 Å². The van der Waals surface area contributed by atoms with Crippen molar-refractivity contribution in [3.63, 3.8) is 0 Å². The Balaban J connectivity index is 2.53. The van der Waals surface area contributed by atoms with Crippen molar-refractivity contribution in [2.75, 3.05) is 13.2 Å². The molecule has 1 aromatic rings. The summed E-state index contributed by atoms with van der Waals surface area (Å²) in [5.74, 6) is -4.89. The standard InChI is InChI=1S/C9H9BrF4N2O2/c1-16-7(5(10)2-15-16)6(17)3-18-4-9(13,14)8(11)12/h2,8H,3-4H2,1H3. The molecule has 9 heteroatoms. The molecule has 0 saturated carbocycles. The number of aryl methyl sites for hydroxylation is 1. The predicted octanol–water partition coefficient (Wildman–Crippen LogP) is 2.28. The molecule has 1 heterocycles. The van der Waals surface area contributed by atoms with Gasteiger partial charge in [-0.2, -0.15) is 13.9 Å². The van der Waals surface area contributed by atoms with E-state index in [4.69, 9.17) is 0 Å². The van der Waals surface area contributed by atoms with E-state index in [-0.39, 0.29) is 5.69 Å². The summed E-state index contributed by atoms with van der Waals surface area (Å²) in [5, 5.41) is 3.75. The van der Waals surface area contributed by atoms with Gasteiger partial charge in [0.2, 0.25) is 5.78 Å². The summed E-state index contributed by atoms with van der Waals surface area (Å²) in [6, 6.07) is 0. The van der Waals surface area contributed by atoms with E-state index >= 15 is 0 Å². The van der Waals surface area contributed by atoms with Gasteiger partial charge in [0.1, 0.15) is 18.9 Å². The highest BCUT2D eigenvalue weighted by molar-refractivity contribution is 9.10. The van der Waals surface area contributed by atoms with Crippen LogP contribution in [0.5, 0.6) is 0 Å². The van der Waals surface area contributed by atoms with Crippen LogP contribution in [0.1, 0.15) is 10.5 Å². The SMILES string of the molecule is Cn1ncc(Br)c1C(=O)COCC(F)(F)C(F)F. The van der Waals surface area contributed by atoms with Crippen LogP contribution < -0.4 is 0 Å². The first-order chi connectivity index (χ1) is 8.25. The van der Waals surface area contributed by atoms with Crippen LogP contribution in [0.15, 0.2) is 10.7 Å². The quantitative estimate of drug-likeness (QED) is 0.593. The monoisotopic (exact) mass is 332 g/mol. The largest absolute Gasteiger partial charge is 0.367 e. The zero-order valence-corrected chi connectivity index (χ0v) is 10.8. The van der Waals surface area contributed by atoms with Gasteiger partial charge in [-0.3, -0.25) is 9.48 Å². The Kier molecular flexibility index (Phi) is 4.85. The minimum Gasteiger partial charge on any atom is -0.367 e. The van der Waals surface area contributed by atoms with Crippen molar-refractivity contribution in [3.8, 4) is 0 Å². The molecular formula is C9H9BrF4N2O2. The van der Waals surface area contributed by atoms with E-state index in [9.17, 15) is 22.4 Å². The lowest BCUT2D eigenvalue weighted by Crippen LogP contribution is -2.33. The zero-order chi connectivity index (χ0) is 13.9. The fourth-order valence-corrected chi connectivity index (χ4v) is 1.70. The van der Waals surface area contributed by atoms with Crippen LogP contribution in [0, 0.1) is 0 Å². The molecule has 0 spiro atoms. The second-order valence-corrected chi connectivity index (χ2v) is 4.30. The van der Waals surface area contributed by atoms with Crippen molar-refractivity contribution in [1.82, 2.24) is 9.78 Å². The number of carbonyl (C=O) groups is 1. The Morgan fingerprint density at radius 2 is 2.22 bits per heavy atom. The van der Waals surface area contributed by atoms with Crippen LogP contribution in [0.4, 0.5) is 17.6 Å². The maximum Gasteiger partial charge on any atom is 0.330 e. The average Bonchev–Trinajstić information content (AvgIpc) is 2.58. The molecule has 0 aromatic carbocycles. The highest BCUT2D eigenvalue weighted by atomic mass is 79.9. The maximum atomic E-state index is 12.5. The summed E-state index contributed by atoms with van der Waals surface area (Å²) in [5.41, 5.74) is 0.121. The van der Waals surface area contributed by atoms with E-state index in [0.29, 0.717) is 4.47 Å². The lowest BCUT2D eigenvalue weighted by Gasteiger charge is -2.14. The number of ether oxygens (including phenoxy) is 1. The molecule has 0 atom stereocenters. The van der Waals surface area contributed by atoms with E-state index in [0.717, 1.165) is 0 Å². The highest BCUT2D eigenvalue weighted by Gasteiger charge is 2.41. The summed E-state index contributed by atoms with van der Waals surface area (Å²) < 4.78 is 54.5. The van der Waals surface area contributed by atoms with Gasteiger partial charge < -0.3 is 4.74 Å². The highest BCUT2D eigenvalue weighted by Crippen LogP contribution is 2.23. The molecule has 0 bridgehead atoms. The number of nitrogens with zero attached hydrogens (tertiary/aromatic N) is 2. The molecule has 102 valence electrons. The molecular weight excluding hydrogens is 324 g/mol. The van der Waals surface area contributed by atoms with E-state index in [1.165, 1.54) is 17.9 Å². The van der Waals surface area contributed by atoms with Gasteiger partial charge in [0.25, 0.3) is 0 Å². The molecule has 1 aromatic heterocycles. The van der Waals surface area contributed by atoms with Gasteiger partial charge in [-0.1, -0.05) is 0 Å². The van der Waals surface area contributed by atoms with E-state index in [1.807, 2.05) is 0 Å². The molecule has 0 aliphatic rings. The van der Waals surface area contributed by atoms with Gasteiger partial charge in [-0.15, -0.1) is 0 Å². The Hall–Kier alpha value is -0.960. The fourth-order valence-electron chi connectivity index (χ4n) is 1.14. The smallest absolute Gasteiger partial charge is 0.330 e. The van der Waals surface area contributed by atoms with Crippen LogP contribution in [0.2, 0.25) is 0 Å². The van der Waals surface area contributed by atoms with Crippen molar-refractivity contribution in [1.29, 1.82) is 0 Å². The van der Waals surface area contributed by atoms with E-state index in [1.54, 1.807) is 0 Å². The van der Waals surface area contributed by atoms with Crippen LogP contribution >= 0.6 is 15.9 Å². The van der Waals surface area contributed by atoms with Crippen LogP contribution in [0.25, 0.3) is 0 Å². The minimum atomic E-state index is -4.26. The number of Topliss-reactive ketones (excluding diaryl/α,β-unsaturated/α-hetero) is 1. The second kappa shape index (κ2) is 5.79. The summed E-state index contributed by atoms with van der Waals surface area (Å²) in [7, 11) is 1.48. The molecule has 0 amide bonds. The predicted molar refractivity (Wildman–Crippen MR) is 57.0 cm³/mol. The molecule has 0 N–H and O–H groups in total. The third-order valence-electron chi connectivity index (χ3n) is 2.01. The molecule has 18 heavy (non-hydrogen) atoms. The number of aromatic nitrogens is 2. The summed E-state index contributed by atoms with van der Waals surface area (Å²) >= 11 is 3.04. The van der Waals surface area contributed by atoms with Crippen LogP contribution in [-0.2, 0) is 11.8 Å². The first-order valence-corrected chi connectivity index (χ1v) is 5.49. The second-order valence-electron chi connectivity index (χ2n) is 3.44. The number of ketones is 1. The first kappa shape index (κ1) is 15.1. The average molecular weight is 333 g/mol. The Morgan fingerprint density at radius 3 is 2.67 bits per heavy atom. The third-order valence-corrected chi connectivity index (χ3v) is 2.59. The van der Waals surface area contributed by atoms with Gasteiger partial charge in [-0.25, -0.2) is 8.78 Å². The Labute approximate surface area is 108 Å². The van der Waals surface area contributed by atoms with Crippen molar-refractivity contribution in [2.24, 2.45) is 7.05 Å². The summed E-state index contributed by atoms with van der Waals surface area (Å²) in [6.07, 6.45) is -2.47. The lowest BCUT2D eigenvalue weighted by molar-refractivity contribution is -0.163. The topological polar surface area (TPSA) is 44.1 Å². The molecule has 0 fully saturated rings. The van der Waals surface area contributed by atoms with E-state index in [2.05, 4.69) is 25.8 Å². The number of carbonyl (C=O) groups excluding carboxylic acids is 1. The summed E-state index contributed by atoms with van der Waals surface area (Å²) in [4.78, 5) is 11.6. The number of rotatable bonds is 6. The van der Waals surface area contributed by atoms with E-state index < -0.39 is 31.3 Å². The number of hydrogen-bond donors (Lipinski definition) is 0. The van der Waals surface area contributed by atoms with Crippen molar-refractivity contribution >= 4 is 21.7 Å². The van der Waals surface area contributed by atoms with Crippen molar-refractivity contribution in [2.45, 2.75) is 12.3 Å². The summed E-state index contributed by atoms with van der Waals surface area (Å²) in [6.45, 7) is -2.23. The fraction of sp³-hybridized carbons (Fsp3) is 0.556. The molecule has 0 unspecified atom stereocenters. The number of hydrogen-bond acceptors (Lipinski definition) is 3. The van der Waals surface area contributed by atoms with Gasteiger partial charge in [-0.05, 0) is 15.9 Å². The molecule has 0 aliphatic carbocycles. The molecule has 4 nitrogen and oxygen atoms in total.